The number of nitrogens with one attached hydrogen (secondary N) is 1. The Morgan fingerprint density at radius 2 is 1.76 bits per heavy atom. The van der Waals surface area contributed by atoms with E-state index in [1.165, 1.54) is 29.5 Å². The molecule has 106 valence electrons. The number of rotatable bonds is 1. The van der Waals surface area contributed by atoms with Gasteiger partial charge in [0.05, 0.1) is 0 Å². The second-order valence-electron chi connectivity index (χ2n) is 6.14. The van der Waals surface area contributed by atoms with Gasteiger partial charge in [-0.3, -0.25) is 0 Å². The van der Waals surface area contributed by atoms with Crippen LogP contribution in [0.15, 0.2) is 36.4 Å². The summed E-state index contributed by atoms with van der Waals surface area (Å²) in [6.45, 7) is 1.47. The lowest BCUT2D eigenvalue weighted by molar-refractivity contribution is 0.174. The van der Waals surface area contributed by atoms with Gasteiger partial charge in [0.25, 0.3) is 0 Å². The lowest BCUT2D eigenvalue weighted by Gasteiger charge is -2.20. The largest absolute Gasteiger partial charge is 0.454 e. The van der Waals surface area contributed by atoms with Crippen molar-refractivity contribution in [1.29, 1.82) is 0 Å². The van der Waals surface area contributed by atoms with E-state index in [9.17, 15) is 0 Å². The third-order valence-electron chi connectivity index (χ3n) is 5.01. The van der Waals surface area contributed by atoms with Crippen LogP contribution in [0.2, 0.25) is 0 Å². The van der Waals surface area contributed by atoms with Crippen molar-refractivity contribution in [2.24, 2.45) is 0 Å². The summed E-state index contributed by atoms with van der Waals surface area (Å²) in [6, 6.07) is 13.7. The van der Waals surface area contributed by atoms with Crippen LogP contribution in [0.5, 0.6) is 11.5 Å². The van der Waals surface area contributed by atoms with Crippen molar-refractivity contribution >= 4 is 0 Å². The summed E-state index contributed by atoms with van der Waals surface area (Å²) >= 11 is 0. The molecule has 2 aromatic carbocycles. The van der Waals surface area contributed by atoms with Gasteiger partial charge in [-0.25, -0.2) is 0 Å². The highest BCUT2D eigenvalue weighted by atomic mass is 16.7. The molecule has 0 radical (unpaired) electrons. The van der Waals surface area contributed by atoms with Crippen LogP contribution >= 0.6 is 0 Å². The third-order valence-corrected chi connectivity index (χ3v) is 5.01. The number of piperidine rings is 1. The van der Waals surface area contributed by atoms with E-state index < -0.39 is 0 Å². The van der Waals surface area contributed by atoms with Crippen molar-refractivity contribution in [3.05, 3.63) is 47.5 Å². The van der Waals surface area contributed by atoms with E-state index in [1.54, 1.807) is 5.56 Å². The minimum absolute atomic E-state index is 0.330. The Kier molecular flexibility index (Phi) is 2.35. The van der Waals surface area contributed by atoms with Crippen LogP contribution in [0.4, 0.5) is 0 Å². The Morgan fingerprint density at radius 1 is 0.905 bits per heavy atom. The summed E-state index contributed by atoms with van der Waals surface area (Å²) in [6.07, 6.45) is 2.53. The van der Waals surface area contributed by atoms with Crippen molar-refractivity contribution in [2.75, 3.05) is 13.3 Å². The highest BCUT2D eigenvalue weighted by Gasteiger charge is 2.33. The van der Waals surface area contributed by atoms with E-state index in [-0.39, 0.29) is 0 Å². The molecule has 3 aliphatic rings. The van der Waals surface area contributed by atoms with Crippen LogP contribution in [-0.4, -0.2) is 13.3 Å². The molecule has 1 fully saturated rings. The standard InChI is InChI=1S/C18H17NO2/c1-3-14-13-5-6-19-16(8-13)15(14)7-11(1)12-2-4-17-18(9-12)21-10-20-17/h1-4,7,9,13,16,19H,5-6,8,10H2/t13-,16?/m1/s1. The molecule has 0 amide bonds. The van der Waals surface area contributed by atoms with Crippen molar-refractivity contribution in [3.8, 4) is 22.6 Å². The van der Waals surface area contributed by atoms with Crippen LogP contribution in [0.3, 0.4) is 0 Å². The van der Waals surface area contributed by atoms with E-state index in [0.717, 1.165) is 24.0 Å². The second-order valence-corrected chi connectivity index (χ2v) is 6.14. The molecule has 2 bridgehead atoms. The van der Waals surface area contributed by atoms with Gasteiger partial charge < -0.3 is 14.8 Å². The molecule has 2 aromatic rings. The predicted molar refractivity (Wildman–Crippen MR) is 80.7 cm³/mol. The molecule has 0 spiro atoms. The molecular formula is C18H17NO2. The summed E-state index contributed by atoms with van der Waals surface area (Å²) in [5, 5.41) is 3.64. The average Bonchev–Trinajstić information content (AvgIpc) is 3.10. The Morgan fingerprint density at radius 3 is 2.76 bits per heavy atom. The van der Waals surface area contributed by atoms with Crippen LogP contribution < -0.4 is 14.8 Å². The molecular weight excluding hydrogens is 262 g/mol. The molecule has 2 atom stereocenters. The van der Waals surface area contributed by atoms with Gasteiger partial charge in [-0.15, -0.1) is 0 Å². The molecule has 0 aromatic heterocycles. The number of hydrogen-bond donors (Lipinski definition) is 1. The molecule has 1 saturated heterocycles. The van der Waals surface area contributed by atoms with E-state index in [1.807, 2.05) is 6.07 Å². The van der Waals surface area contributed by atoms with E-state index >= 15 is 0 Å². The number of hydrogen-bond acceptors (Lipinski definition) is 3. The van der Waals surface area contributed by atoms with E-state index in [4.69, 9.17) is 9.47 Å². The summed E-state index contributed by atoms with van der Waals surface area (Å²) in [4.78, 5) is 0. The maximum atomic E-state index is 5.49. The molecule has 2 heterocycles. The van der Waals surface area contributed by atoms with Gasteiger partial charge in [-0.1, -0.05) is 18.2 Å². The van der Waals surface area contributed by atoms with Gasteiger partial charge in [0.15, 0.2) is 11.5 Å². The normalized spacial score (nSPS) is 25.0. The Balaban J connectivity index is 1.59. The molecule has 1 aliphatic carbocycles. The van der Waals surface area contributed by atoms with Crippen LogP contribution in [0.25, 0.3) is 11.1 Å². The van der Waals surface area contributed by atoms with Crippen molar-refractivity contribution in [2.45, 2.75) is 24.8 Å². The average molecular weight is 279 g/mol. The predicted octanol–water partition coefficient (Wildman–Crippen LogP) is 3.60. The summed E-state index contributed by atoms with van der Waals surface area (Å²) in [5.74, 6) is 2.46. The Hall–Kier alpha value is -2.00. The highest BCUT2D eigenvalue weighted by molar-refractivity contribution is 5.69. The number of ether oxygens (including phenoxy) is 2. The minimum atomic E-state index is 0.330. The van der Waals surface area contributed by atoms with Gasteiger partial charge in [0, 0.05) is 6.04 Å². The number of fused-ring (bicyclic) bond motifs is 6. The lowest BCUT2D eigenvalue weighted by atomic mass is 9.95. The molecule has 3 heteroatoms. The monoisotopic (exact) mass is 279 g/mol. The van der Waals surface area contributed by atoms with Gasteiger partial charge in [-0.05, 0) is 65.8 Å². The topological polar surface area (TPSA) is 30.5 Å². The van der Waals surface area contributed by atoms with Crippen molar-refractivity contribution < 1.29 is 9.47 Å². The van der Waals surface area contributed by atoms with Gasteiger partial charge in [-0.2, -0.15) is 0 Å². The zero-order valence-electron chi connectivity index (χ0n) is 11.8. The Labute approximate surface area is 123 Å². The molecule has 21 heavy (non-hydrogen) atoms. The second kappa shape index (κ2) is 4.25. The van der Waals surface area contributed by atoms with E-state index in [2.05, 4.69) is 35.6 Å². The molecule has 0 saturated carbocycles. The lowest BCUT2D eigenvalue weighted by Crippen LogP contribution is -2.25. The van der Waals surface area contributed by atoms with Gasteiger partial charge in [0.1, 0.15) is 0 Å². The molecule has 2 aliphatic heterocycles. The number of benzene rings is 2. The fraction of sp³-hybridized carbons (Fsp3) is 0.333. The quantitative estimate of drug-likeness (QED) is 0.865. The zero-order valence-corrected chi connectivity index (χ0v) is 11.8. The first-order valence-electron chi connectivity index (χ1n) is 7.66. The smallest absolute Gasteiger partial charge is 0.231 e. The SMILES string of the molecule is c1cc2c(cc1-c1ccc3c(c1)C1C[C@H]3CCN1)OCO2. The maximum absolute atomic E-state index is 5.49. The fourth-order valence-electron chi connectivity index (χ4n) is 3.94. The summed E-state index contributed by atoms with van der Waals surface area (Å²) < 4.78 is 10.9. The maximum Gasteiger partial charge on any atom is 0.231 e. The first-order valence-corrected chi connectivity index (χ1v) is 7.66. The fourth-order valence-corrected chi connectivity index (χ4v) is 3.94. The summed E-state index contributed by atoms with van der Waals surface area (Å²) in [7, 11) is 0. The van der Waals surface area contributed by atoms with Crippen LogP contribution in [0.1, 0.15) is 35.9 Å². The minimum Gasteiger partial charge on any atom is -0.454 e. The first kappa shape index (κ1) is 11.6. The van der Waals surface area contributed by atoms with Crippen LogP contribution in [-0.2, 0) is 0 Å². The third kappa shape index (κ3) is 1.70. The van der Waals surface area contributed by atoms with Crippen molar-refractivity contribution in [3.63, 3.8) is 0 Å². The van der Waals surface area contributed by atoms with Crippen molar-refractivity contribution in [1.82, 2.24) is 5.32 Å². The van der Waals surface area contributed by atoms with E-state index in [0.29, 0.717) is 12.8 Å². The van der Waals surface area contributed by atoms with Crippen LogP contribution in [0, 0.1) is 0 Å². The molecule has 5 rings (SSSR count). The summed E-state index contributed by atoms with van der Waals surface area (Å²) in [5.41, 5.74) is 5.51. The Bertz CT molecular complexity index is 725. The molecule has 1 unspecified atom stereocenters. The zero-order chi connectivity index (χ0) is 13.8. The van der Waals surface area contributed by atoms with Gasteiger partial charge in [0.2, 0.25) is 6.79 Å². The molecule has 1 N–H and O–H groups in total. The van der Waals surface area contributed by atoms with Gasteiger partial charge >= 0.3 is 0 Å². The highest BCUT2D eigenvalue weighted by Crippen LogP contribution is 2.46. The first-order chi connectivity index (χ1) is 10.4. The molecule has 3 nitrogen and oxygen atoms in total.